The van der Waals surface area contributed by atoms with E-state index in [1.807, 2.05) is 47.1 Å². The van der Waals surface area contributed by atoms with Gasteiger partial charge in [-0.1, -0.05) is 0 Å². The van der Waals surface area contributed by atoms with Gasteiger partial charge in [0.15, 0.2) is 0 Å². The number of nitrogens with zero attached hydrogens (tertiary/aromatic N) is 2. The summed E-state index contributed by atoms with van der Waals surface area (Å²) in [6, 6.07) is 9.74. The van der Waals surface area contributed by atoms with Gasteiger partial charge >= 0.3 is 0 Å². The molecule has 1 aromatic carbocycles. The summed E-state index contributed by atoms with van der Waals surface area (Å²) in [6.07, 6.45) is 3.89. The third-order valence-electron chi connectivity index (χ3n) is 3.11. The van der Waals surface area contributed by atoms with E-state index in [4.69, 9.17) is 9.47 Å². The molecular weight excluding hydrogens is 320 g/mol. The van der Waals surface area contributed by atoms with Crippen LogP contribution in [0, 0.1) is 0 Å². The number of rotatable bonds is 3. The molecule has 3 rings (SSSR count). The Morgan fingerprint density at radius 1 is 1.05 bits per heavy atom. The Balaban J connectivity index is 2.07. The normalized spacial score (nSPS) is 10.8. The van der Waals surface area contributed by atoms with Crippen molar-refractivity contribution in [3.05, 3.63) is 47.2 Å². The summed E-state index contributed by atoms with van der Waals surface area (Å²) in [7, 11) is 3.30. The highest BCUT2D eigenvalue weighted by atomic mass is 79.9. The van der Waals surface area contributed by atoms with Crippen LogP contribution in [0.25, 0.3) is 16.9 Å². The van der Waals surface area contributed by atoms with Crippen molar-refractivity contribution in [1.29, 1.82) is 0 Å². The lowest BCUT2D eigenvalue weighted by Crippen LogP contribution is -1.86. The number of methoxy groups -OCH3 is 2. The molecule has 0 radical (unpaired) electrons. The van der Waals surface area contributed by atoms with Crippen molar-refractivity contribution in [2.75, 3.05) is 14.2 Å². The van der Waals surface area contributed by atoms with Gasteiger partial charge in [0, 0.05) is 11.8 Å². The zero-order valence-corrected chi connectivity index (χ0v) is 12.7. The van der Waals surface area contributed by atoms with Crippen molar-refractivity contribution >= 4 is 21.6 Å². The maximum Gasteiger partial charge on any atom is 0.137 e. The van der Waals surface area contributed by atoms with Gasteiger partial charge in [0.1, 0.15) is 17.1 Å². The van der Waals surface area contributed by atoms with Crippen LogP contribution in [0.3, 0.4) is 0 Å². The monoisotopic (exact) mass is 332 g/mol. The summed E-state index contributed by atoms with van der Waals surface area (Å²) in [5, 5.41) is 0. The van der Waals surface area contributed by atoms with Gasteiger partial charge in [-0.15, -0.1) is 0 Å². The molecule has 0 aliphatic carbocycles. The second-order valence-corrected chi connectivity index (χ2v) is 5.16. The van der Waals surface area contributed by atoms with Crippen molar-refractivity contribution in [3.8, 4) is 22.8 Å². The molecule has 0 saturated carbocycles. The fraction of sp³-hybridized carbons (Fsp3) is 0.133. The molecule has 0 bridgehead atoms. The largest absolute Gasteiger partial charge is 0.496 e. The van der Waals surface area contributed by atoms with Crippen LogP contribution in [0.15, 0.2) is 47.2 Å². The van der Waals surface area contributed by atoms with E-state index in [0.717, 1.165) is 32.9 Å². The third kappa shape index (κ3) is 2.25. The van der Waals surface area contributed by atoms with E-state index in [9.17, 15) is 0 Å². The highest BCUT2D eigenvalue weighted by molar-refractivity contribution is 9.10. The molecule has 0 aliphatic heterocycles. The Morgan fingerprint density at radius 3 is 2.60 bits per heavy atom. The SMILES string of the molecule is COc1ccc2nc(-c3ccc(OC)c(Br)c3)cn2c1. The van der Waals surface area contributed by atoms with Crippen molar-refractivity contribution in [3.63, 3.8) is 0 Å². The lowest BCUT2D eigenvalue weighted by Gasteiger charge is -2.04. The summed E-state index contributed by atoms with van der Waals surface area (Å²) in [5.41, 5.74) is 2.81. The standard InChI is InChI=1S/C15H13BrN2O2/c1-19-11-4-6-15-17-13(9-18(15)8-11)10-3-5-14(20-2)12(16)7-10/h3-9H,1-2H3. The van der Waals surface area contributed by atoms with Crippen LogP contribution in [0.5, 0.6) is 11.5 Å². The molecule has 0 fully saturated rings. The van der Waals surface area contributed by atoms with Crippen LogP contribution < -0.4 is 9.47 Å². The first-order valence-electron chi connectivity index (χ1n) is 6.08. The fourth-order valence-corrected chi connectivity index (χ4v) is 2.60. The van der Waals surface area contributed by atoms with E-state index in [0.29, 0.717) is 0 Å². The minimum Gasteiger partial charge on any atom is -0.496 e. The Kier molecular flexibility index (Phi) is 3.36. The Bertz CT molecular complexity index is 768. The molecular formula is C15H13BrN2O2. The number of fused-ring (bicyclic) bond motifs is 1. The average molecular weight is 333 g/mol. The number of hydrogen-bond donors (Lipinski definition) is 0. The maximum absolute atomic E-state index is 5.24. The topological polar surface area (TPSA) is 35.8 Å². The molecule has 0 atom stereocenters. The molecule has 20 heavy (non-hydrogen) atoms. The molecule has 2 heterocycles. The summed E-state index contributed by atoms with van der Waals surface area (Å²) in [5.74, 6) is 1.61. The molecule has 4 nitrogen and oxygen atoms in total. The van der Waals surface area contributed by atoms with Crippen molar-refractivity contribution in [2.24, 2.45) is 0 Å². The molecule has 0 N–H and O–H groups in total. The summed E-state index contributed by atoms with van der Waals surface area (Å²) in [6.45, 7) is 0. The van der Waals surface area contributed by atoms with Gasteiger partial charge in [0.2, 0.25) is 0 Å². The van der Waals surface area contributed by atoms with E-state index in [1.165, 1.54) is 0 Å². The van der Waals surface area contributed by atoms with Crippen LogP contribution in [0.4, 0.5) is 0 Å². The number of ether oxygens (including phenoxy) is 2. The van der Waals surface area contributed by atoms with Gasteiger partial charge in [-0.05, 0) is 46.3 Å². The summed E-state index contributed by atoms with van der Waals surface area (Å²) >= 11 is 3.49. The lowest BCUT2D eigenvalue weighted by atomic mass is 10.2. The smallest absolute Gasteiger partial charge is 0.137 e. The van der Waals surface area contributed by atoms with Crippen molar-refractivity contribution in [2.45, 2.75) is 0 Å². The van der Waals surface area contributed by atoms with Gasteiger partial charge in [-0.25, -0.2) is 4.98 Å². The lowest BCUT2D eigenvalue weighted by molar-refractivity contribution is 0.412. The number of hydrogen-bond acceptors (Lipinski definition) is 3. The number of imidazole rings is 1. The molecule has 0 unspecified atom stereocenters. The van der Waals surface area contributed by atoms with Crippen LogP contribution in [0.1, 0.15) is 0 Å². The first kappa shape index (κ1) is 13.0. The van der Waals surface area contributed by atoms with E-state index in [2.05, 4.69) is 20.9 Å². The molecule has 0 saturated heterocycles. The van der Waals surface area contributed by atoms with Crippen LogP contribution >= 0.6 is 15.9 Å². The number of halogens is 1. The summed E-state index contributed by atoms with van der Waals surface area (Å²) in [4.78, 5) is 4.60. The van der Waals surface area contributed by atoms with Gasteiger partial charge in [-0.3, -0.25) is 0 Å². The first-order chi connectivity index (χ1) is 9.71. The number of pyridine rings is 1. The fourth-order valence-electron chi connectivity index (χ4n) is 2.06. The van der Waals surface area contributed by atoms with Gasteiger partial charge in [-0.2, -0.15) is 0 Å². The third-order valence-corrected chi connectivity index (χ3v) is 3.73. The predicted octanol–water partition coefficient (Wildman–Crippen LogP) is 3.78. The maximum atomic E-state index is 5.24. The zero-order valence-electron chi connectivity index (χ0n) is 11.1. The van der Waals surface area contributed by atoms with E-state index in [-0.39, 0.29) is 0 Å². The highest BCUT2D eigenvalue weighted by Gasteiger charge is 2.08. The van der Waals surface area contributed by atoms with Gasteiger partial charge < -0.3 is 13.9 Å². The van der Waals surface area contributed by atoms with Gasteiger partial charge in [0.05, 0.1) is 30.6 Å². The first-order valence-corrected chi connectivity index (χ1v) is 6.87. The van der Waals surface area contributed by atoms with Crippen LogP contribution in [-0.2, 0) is 0 Å². The summed E-state index contributed by atoms with van der Waals surface area (Å²) < 4.78 is 13.3. The van der Waals surface area contributed by atoms with Crippen molar-refractivity contribution in [1.82, 2.24) is 9.38 Å². The molecule has 3 aromatic rings. The minimum absolute atomic E-state index is 0.803. The van der Waals surface area contributed by atoms with Crippen molar-refractivity contribution < 1.29 is 9.47 Å². The molecule has 5 heteroatoms. The Morgan fingerprint density at radius 2 is 1.90 bits per heavy atom. The predicted molar refractivity (Wildman–Crippen MR) is 81.4 cm³/mol. The molecule has 2 aromatic heterocycles. The zero-order chi connectivity index (χ0) is 14.1. The molecule has 0 aliphatic rings. The second-order valence-electron chi connectivity index (χ2n) is 4.31. The second kappa shape index (κ2) is 5.17. The minimum atomic E-state index is 0.803. The molecule has 102 valence electrons. The number of benzene rings is 1. The van der Waals surface area contributed by atoms with Crippen LogP contribution in [-0.4, -0.2) is 23.6 Å². The van der Waals surface area contributed by atoms with E-state index in [1.54, 1.807) is 14.2 Å². The van der Waals surface area contributed by atoms with Crippen LogP contribution in [0.2, 0.25) is 0 Å². The average Bonchev–Trinajstić information content (AvgIpc) is 2.89. The van der Waals surface area contributed by atoms with Gasteiger partial charge in [0.25, 0.3) is 0 Å². The quantitative estimate of drug-likeness (QED) is 0.732. The molecule has 0 spiro atoms. The molecule has 0 amide bonds. The number of aromatic nitrogens is 2. The highest BCUT2D eigenvalue weighted by Crippen LogP contribution is 2.30. The van der Waals surface area contributed by atoms with E-state index >= 15 is 0 Å². The Hall–Kier alpha value is -2.01. The van der Waals surface area contributed by atoms with E-state index < -0.39 is 0 Å². The Labute approximate surface area is 125 Å².